The number of Topliss-reactive ketones (excluding diaryl/α,β-unsaturated/α-hetero) is 1. The quantitative estimate of drug-likeness (QED) is 0.795. The molecule has 2 aromatic rings. The van der Waals surface area contributed by atoms with Gasteiger partial charge >= 0.3 is 0 Å². The Balaban J connectivity index is 2.44. The van der Waals surface area contributed by atoms with Crippen molar-refractivity contribution in [3.63, 3.8) is 0 Å². The lowest BCUT2D eigenvalue weighted by atomic mass is 10.0. The van der Waals surface area contributed by atoms with Crippen molar-refractivity contribution in [2.45, 2.75) is 52.5 Å². The Morgan fingerprint density at radius 3 is 2.57 bits per heavy atom. The molecule has 0 radical (unpaired) electrons. The number of hydrogen-bond donors (Lipinski definition) is 0. The van der Waals surface area contributed by atoms with Crippen molar-refractivity contribution in [3.05, 3.63) is 39.4 Å². The number of aryl methyl sites for hydroxylation is 2. The zero-order valence-electron chi connectivity index (χ0n) is 12.8. The van der Waals surface area contributed by atoms with Gasteiger partial charge in [0, 0.05) is 23.3 Å². The van der Waals surface area contributed by atoms with E-state index in [9.17, 15) is 9.59 Å². The maximum absolute atomic E-state index is 12.9. The Hall–Kier alpha value is -1.97. The van der Waals surface area contributed by atoms with Gasteiger partial charge < -0.3 is 4.57 Å². The molecule has 110 valence electrons. The van der Waals surface area contributed by atoms with E-state index in [1.165, 1.54) is 6.92 Å². The fraction of sp³-hybridized carbons (Fsp3) is 0.471. The average Bonchev–Trinajstić information content (AvgIpc) is 2.91. The van der Waals surface area contributed by atoms with Gasteiger partial charge in [0.2, 0.25) is 0 Å². The summed E-state index contributed by atoms with van der Waals surface area (Å²) in [5.41, 5.74) is 2.75. The minimum absolute atomic E-state index is 0.134. The van der Waals surface area contributed by atoms with E-state index in [0.717, 1.165) is 47.8 Å². The van der Waals surface area contributed by atoms with Gasteiger partial charge in [-0.25, -0.2) is 0 Å². The van der Waals surface area contributed by atoms with Crippen LogP contribution >= 0.6 is 0 Å². The Morgan fingerprint density at radius 2 is 1.95 bits per heavy atom. The molecule has 3 rings (SSSR count). The summed E-state index contributed by atoms with van der Waals surface area (Å²) in [6.07, 6.45) is 6.10. The van der Waals surface area contributed by atoms with Gasteiger partial charge in [0.25, 0.3) is 5.56 Å². The third-order valence-corrected chi connectivity index (χ3v) is 4.53. The Kier molecular flexibility index (Phi) is 3.40. The summed E-state index contributed by atoms with van der Waals surface area (Å²) in [7, 11) is 0. The molecule has 0 saturated heterocycles. The predicted molar refractivity (Wildman–Crippen MR) is 83.0 cm³/mol. The summed E-state index contributed by atoms with van der Waals surface area (Å²) in [5, 5.41) is 0.914. The van der Waals surface area contributed by atoms with Crippen molar-refractivity contribution in [2.24, 2.45) is 0 Å². The van der Waals surface area contributed by atoms with Crippen LogP contribution in [0.5, 0.6) is 0 Å². The van der Waals surface area contributed by atoms with Crippen LogP contribution in [0.15, 0.2) is 17.1 Å². The van der Waals surface area contributed by atoms with Crippen LogP contribution in [0.3, 0.4) is 0 Å². The van der Waals surface area contributed by atoms with Crippen molar-refractivity contribution in [3.8, 4) is 0 Å². The largest absolute Gasteiger partial charge is 0.304 e. The summed E-state index contributed by atoms with van der Waals surface area (Å²) in [6, 6.07) is 2.17. The summed E-state index contributed by atoms with van der Waals surface area (Å²) in [5.74, 6) is -0.160. The number of aromatic nitrogens is 2. The molecule has 1 aliphatic rings. The molecule has 1 saturated carbocycles. The highest BCUT2D eigenvalue weighted by Gasteiger charge is 2.24. The van der Waals surface area contributed by atoms with Crippen LogP contribution in [-0.4, -0.2) is 15.3 Å². The lowest BCUT2D eigenvalue weighted by Gasteiger charge is -2.20. The molecule has 0 unspecified atom stereocenters. The third-order valence-electron chi connectivity index (χ3n) is 4.53. The first-order valence-electron chi connectivity index (χ1n) is 7.53. The molecule has 0 aromatic carbocycles. The van der Waals surface area contributed by atoms with Crippen molar-refractivity contribution < 1.29 is 4.79 Å². The van der Waals surface area contributed by atoms with E-state index >= 15 is 0 Å². The monoisotopic (exact) mass is 284 g/mol. The topological polar surface area (TPSA) is 52.0 Å². The molecule has 0 bridgehead atoms. The highest BCUT2D eigenvalue weighted by atomic mass is 16.1. The summed E-state index contributed by atoms with van der Waals surface area (Å²) in [6.45, 7) is 5.24. The van der Waals surface area contributed by atoms with Crippen LogP contribution in [0.25, 0.3) is 10.9 Å². The van der Waals surface area contributed by atoms with Gasteiger partial charge in [-0.3, -0.25) is 14.6 Å². The van der Waals surface area contributed by atoms with E-state index in [-0.39, 0.29) is 17.4 Å². The Bertz CT molecular complexity index is 783. The maximum Gasteiger partial charge on any atom is 0.262 e. The smallest absolute Gasteiger partial charge is 0.262 e. The van der Waals surface area contributed by atoms with Crippen molar-refractivity contribution in [1.82, 2.24) is 9.55 Å². The van der Waals surface area contributed by atoms with E-state index in [2.05, 4.69) is 4.98 Å². The van der Waals surface area contributed by atoms with Gasteiger partial charge in [-0.15, -0.1) is 0 Å². The summed E-state index contributed by atoms with van der Waals surface area (Å²) >= 11 is 0. The predicted octanol–water partition coefficient (Wildman–Crippen LogP) is 3.33. The lowest BCUT2D eigenvalue weighted by Crippen LogP contribution is -2.30. The van der Waals surface area contributed by atoms with Crippen molar-refractivity contribution in [1.29, 1.82) is 0 Å². The first-order valence-corrected chi connectivity index (χ1v) is 7.53. The molecular weight excluding hydrogens is 264 g/mol. The molecule has 1 aliphatic carbocycles. The van der Waals surface area contributed by atoms with Crippen LogP contribution in [0.1, 0.15) is 60.3 Å². The van der Waals surface area contributed by atoms with E-state index in [1.807, 2.05) is 24.5 Å². The van der Waals surface area contributed by atoms with Crippen LogP contribution in [-0.2, 0) is 0 Å². The van der Waals surface area contributed by atoms with Crippen molar-refractivity contribution >= 4 is 16.7 Å². The number of nitrogens with zero attached hydrogens (tertiary/aromatic N) is 2. The fourth-order valence-electron chi connectivity index (χ4n) is 3.50. The Morgan fingerprint density at radius 1 is 1.29 bits per heavy atom. The maximum atomic E-state index is 12.9. The molecule has 1 fully saturated rings. The second-order valence-corrected chi connectivity index (χ2v) is 6.01. The minimum atomic E-state index is -0.160. The molecule has 21 heavy (non-hydrogen) atoms. The van der Waals surface area contributed by atoms with E-state index < -0.39 is 0 Å². The van der Waals surface area contributed by atoms with Crippen LogP contribution in [0.4, 0.5) is 0 Å². The lowest BCUT2D eigenvalue weighted by molar-refractivity contribution is 0.101. The third kappa shape index (κ3) is 2.19. The average molecular weight is 284 g/mol. The molecule has 0 N–H and O–H groups in total. The van der Waals surface area contributed by atoms with Gasteiger partial charge in [0.15, 0.2) is 5.78 Å². The molecule has 0 spiro atoms. The van der Waals surface area contributed by atoms with Gasteiger partial charge in [-0.2, -0.15) is 0 Å². The molecular formula is C17H20N2O2. The Labute approximate surface area is 123 Å². The SMILES string of the molecule is CC(=O)c1c(C)c2cnc(C)cc2n(C2CCCC2)c1=O. The second-order valence-electron chi connectivity index (χ2n) is 6.01. The van der Waals surface area contributed by atoms with Crippen LogP contribution in [0.2, 0.25) is 0 Å². The highest BCUT2D eigenvalue weighted by molar-refractivity contribution is 5.99. The molecule has 0 amide bonds. The molecule has 0 aliphatic heterocycles. The van der Waals surface area contributed by atoms with Crippen LogP contribution < -0.4 is 5.56 Å². The zero-order valence-corrected chi connectivity index (χ0v) is 12.8. The second kappa shape index (κ2) is 5.10. The molecule has 2 heterocycles. The van der Waals surface area contributed by atoms with E-state index in [0.29, 0.717) is 5.56 Å². The molecule has 2 aromatic heterocycles. The number of pyridine rings is 2. The van der Waals surface area contributed by atoms with Crippen LogP contribution in [0, 0.1) is 13.8 Å². The molecule has 4 nitrogen and oxygen atoms in total. The minimum Gasteiger partial charge on any atom is -0.304 e. The fourth-order valence-corrected chi connectivity index (χ4v) is 3.50. The number of fused-ring (bicyclic) bond motifs is 1. The van der Waals surface area contributed by atoms with Gasteiger partial charge in [-0.1, -0.05) is 12.8 Å². The number of carbonyl (C=O) groups is 1. The van der Waals surface area contributed by atoms with Gasteiger partial charge in [-0.05, 0) is 45.2 Å². The number of ketones is 1. The summed E-state index contributed by atoms with van der Waals surface area (Å²) in [4.78, 5) is 29.1. The highest BCUT2D eigenvalue weighted by Crippen LogP contribution is 2.32. The number of rotatable bonds is 2. The zero-order chi connectivity index (χ0) is 15.1. The molecule has 0 atom stereocenters. The standard InChI is InChI=1S/C17H20N2O2/c1-10-8-15-14(9-18-10)11(2)16(12(3)20)17(21)19(15)13-6-4-5-7-13/h8-9,13H,4-7H2,1-3H3. The first kappa shape index (κ1) is 14.0. The van der Waals surface area contributed by atoms with Gasteiger partial charge in [0.05, 0.1) is 11.1 Å². The number of hydrogen-bond acceptors (Lipinski definition) is 3. The molecule has 4 heteroatoms. The van der Waals surface area contributed by atoms with Gasteiger partial charge in [0.1, 0.15) is 0 Å². The number of carbonyl (C=O) groups excluding carboxylic acids is 1. The summed E-state index contributed by atoms with van der Waals surface area (Å²) < 4.78 is 1.85. The normalized spacial score (nSPS) is 15.8. The van der Waals surface area contributed by atoms with E-state index in [4.69, 9.17) is 0 Å². The van der Waals surface area contributed by atoms with E-state index in [1.54, 1.807) is 6.20 Å². The first-order chi connectivity index (χ1) is 10.0. The van der Waals surface area contributed by atoms with Crippen molar-refractivity contribution in [2.75, 3.05) is 0 Å².